The lowest BCUT2D eigenvalue weighted by Gasteiger charge is -2.22. The van der Waals surface area contributed by atoms with Crippen LogP contribution in [-0.4, -0.2) is 13.6 Å². The van der Waals surface area contributed by atoms with Crippen LogP contribution >= 0.6 is 0 Å². The van der Waals surface area contributed by atoms with Crippen LogP contribution in [0.25, 0.3) is 0 Å². The Morgan fingerprint density at radius 2 is 2.00 bits per heavy atom. The Labute approximate surface area is 92.9 Å². The lowest BCUT2D eigenvalue weighted by Crippen LogP contribution is -2.22. The van der Waals surface area contributed by atoms with Crippen molar-refractivity contribution in [2.45, 2.75) is 25.7 Å². The summed E-state index contributed by atoms with van der Waals surface area (Å²) in [5, 5.41) is 3.31. The summed E-state index contributed by atoms with van der Waals surface area (Å²) in [5.41, 5.74) is 1.98. The van der Waals surface area contributed by atoms with Gasteiger partial charge >= 0.3 is 0 Å². The molecule has 0 spiro atoms. The average Bonchev–Trinajstić information content (AvgIpc) is 2.96. The van der Waals surface area contributed by atoms with Gasteiger partial charge in [0.15, 0.2) is 0 Å². The fourth-order valence-electron chi connectivity index (χ4n) is 2.99. The van der Waals surface area contributed by atoms with Crippen LogP contribution in [-0.2, 0) is 5.41 Å². The van der Waals surface area contributed by atoms with Gasteiger partial charge < -0.3 is 5.32 Å². The van der Waals surface area contributed by atoms with Crippen LogP contribution in [0, 0.1) is 11.8 Å². The Bertz CT molecular complexity index is 317. The van der Waals surface area contributed by atoms with E-state index in [9.17, 15) is 0 Å². The molecule has 15 heavy (non-hydrogen) atoms. The molecule has 1 nitrogen and oxygen atoms in total. The second-order valence-corrected chi connectivity index (χ2v) is 5.02. The predicted molar refractivity (Wildman–Crippen MR) is 65.0 cm³/mol. The molecule has 1 aromatic rings. The number of rotatable bonds is 4. The van der Waals surface area contributed by atoms with E-state index in [4.69, 9.17) is 0 Å². The summed E-state index contributed by atoms with van der Waals surface area (Å²) < 4.78 is 0. The highest BCUT2D eigenvalue weighted by molar-refractivity contribution is 5.34. The molecule has 1 N–H and O–H groups in total. The van der Waals surface area contributed by atoms with Gasteiger partial charge in [-0.3, -0.25) is 0 Å². The zero-order chi connectivity index (χ0) is 10.9. The molecule has 0 aromatic heterocycles. The van der Waals surface area contributed by atoms with Crippen molar-refractivity contribution >= 4 is 0 Å². The minimum absolute atomic E-state index is 0.449. The van der Waals surface area contributed by atoms with Gasteiger partial charge in [-0.1, -0.05) is 44.2 Å². The van der Waals surface area contributed by atoms with Gasteiger partial charge in [-0.05, 0) is 37.4 Å². The van der Waals surface area contributed by atoms with Crippen LogP contribution in [0.15, 0.2) is 30.3 Å². The van der Waals surface area contributed by atoms with E-state index in [0.717, 1.165) is 18.4 Å². The van der Waals surface area contributed by atoms with Crippen LogP contribution in [0.2, 0.25) is 0 Å². The lowest BCUT2D eigenvalue weighted by molar-refractivity contribution is 0.434. The van der Waals surface area contributed by atoms with Crippen molar-refractivity contribution in [3.8, 4) is 0 Å². The van der Waals surface area contributed by atoms with E-state index in [1.807, 2.05) is 0 Å². The Hall–Kier alpha value is -0.820. The predicted octanol–water partition coefficient (Wildman–Crippen LogP) is 2.82. The second-order valence-electron chi connectivity index (χ2n) is 5.02. The van der Waals surface area contributed by atoms with Gasteiger partial charge in [0.1, 0.15) is 0 Å². The Balaban J connectivity index is 2.24. The molecule has 2 unspecified atom stereocenters. The number of hydrogen-bond donors (Lipinski definition) is 1. The van der Waals surface area contributed by atoms with Crippen LogP contribution in [0.5, 0.6) is 0 Å². The van der Waals surface area contributed by atoms with Crippen molar-refractivity contribution in [1.29, 1.82) is 0 Å². The molecule has 82 valence electrons. The fraction of sp³-hybridized carbons (Fsp3) is 0.571. The SMILES string of the molecule is CNCC1CC1(c1ccccc1)C(C)C. The van der Waals surface area contributed by atoms with Crippen LogP contribution in [0.4, 0.5) is 0 Å². The highest BCUT2D eigenvalue weighted by Crippen LogP contribution is 2.58. The van der Waals surface area contributed by atoms with Gasteiger partial charge in [0.05, 0.1) is 0 Å². The molecule has 2 atom stereocenters. The van der Waals surface area contributed by atoms with Crippen LogP contribution in [0.3, 0.4) is 0 Å². The maximum absolute atomic E-state index is 3.31. The highest BCUT2D eigenvalue weighted by Gasteiger charge is 2.56. The number of nitrogens with one attached hydrogen (secondary N) is 1. The zero-order valence-electron chi connectivity index (χ0n) is 9.96. The van der Waals surface area contributed by atoms with Crippen molar-refractivity contribution < 1.29 is 0 Å². The monoisotopic (exact) mass is 203 g/mol. The van der Waals surface area contributed by atoms with Gasteiger partial charge in [-0.2, -0.15) is 0 Å². The molecule has 0 amide bonds. The van der Waals surface area contributed by atoms with E-state index in [0.29, 0.717) is 5.41 Å². The van der Waals surface area contributed by atoms with E-state index in [2.05, 4.69) is 56.5 Å². The summed E-state index contributed by atoms with van der Waals surface area (Å²) in [6.07, 6.45) is 1.34. The zero-order valence-corrected chi connectivity index (χ0v) is 9.96. The smallest absolute Gasteiger partial charge is 0.00200 e. The highest BCUT2D eigenvalue weighted by atomic mass is 14.8. The minimum Gasteiger partial charge on any atom is -0.319 e. The first-order valence-electron chi connectivity index (χ1n) is 5.92. The van der Waals surface area contributed by atoms with Crippen molar-refractivity contribution in [2.24, 2.45) is 11.8 Å². The van der Waals surface area contributed by atoms with E-state index in [1.54, 1.807) is 0 Å². The summed E-state index contributed by atoms with van der Waals surface area (Å²) >= 11 is 0. The quantitative estimate of drug-likeness (QED) is 0.793. The molecule has 1 aliphatic carbocycles. The second kappa shape index (κ2) is 3.97. The van der Waals surface area contributed by atoms with Crippen molar-refractivity contribution in [3.05, 3.63) is 35.9 Å². The maximum Gasteiger partial charge on any atom is 0.00200 e. The van der Waals surface area contributed by atoms with E-state index >= 15 is 0 Å². The van der Waals surface area contributed by atoms with Gasteiger partial charge in [-0.15, -0.1) is 0 Å². The van der Waals surface area contributed by atoms with Crippen LogP contribution < -0.4 is 5.32 Å². The van der Waals surface area contributed by atoms with Crippen molar-refractivity contribution in [1.82, 2.24) is 5.32 Å². The summed E-state index contributed by atoms with van der Waals surface area (Å²) in [7, 11) is 2.05. The first-order chi connectivity index (χ1) is 7.21. The van der Waals surface area contributed by atoms with Crippen LogP contribution in [0.1, 0.15) is 25.8 Å². The first-order valence-corrected chi connectivity index (χ1v) is 5.92. The third-order valence-electron chi connectivity index (χ3n) is 3.94. The first kappa shape index (κ1) is 10.7. The number of benzene rings is 1. The molecule has 0 heterocycles. The summed E-state index contributed by atoms with van der Waals surface area (Å²) in [6, 6.07) is 11.0. The third kappa shape index (κ3) is 1.69. The maximum atomic E-state index is 3.31. The summed E-state index contributed by atoms with van der Waals surface area (Å²) in [5.74, 6) is 1.56. The molecule has 2 rings (SSSR count). The average molecular weight is 203 g/mol. The third-order valence-corrected chi connectivity index (χ3v) is 3.94. The van der Waals surface area contributed by atoms with Crippen molar-refractivity contribution in [2.75, 3.05) is 13.6 Å². The molecule has 1 heteroatoms. The molecule has 1 saturated carbocycles. The standard InChI is InChI=1S/C14H21N/c1-11(2)14(9-13(14)10-15-3)12-7-5-4-6-8-12/h4-8,11,13,15H,9-10H2,1-3H3. The van der Waals surface area contributed by atoms with Gasteiger partial charge in [0.25, 0.3) is 0 Å². The minimum atomic E-state index is 0.449. The molecule has 1 aliphatic rings. The molecular weight excluding hydrogens is 182 g/mol. The van der Waals surface area contributed by atoms with Gasteiger partial charge in [0.2, 0.25) is 0 Å². The topological polar surface area (TPSA) is 12.0 Å². The Morgan fingerprint density at radius 3 is 2.53 bits per heavy atom. The van der Waals surface area contributed by atoms with Gasteiger partial charge in [0, 0.05) is 5.41 Å². The summed E-state index contributed by atoms with van der Waals surface area (Å²) in [6.45, 7) is 5.85. The number of hydrogen-bond acceptors (Lipinski definition) is 1. The Morgan fingerprint density at radius 1 is 1.33 bits per heavy atom. The van der Waals surface area contributed by atoms with E-state index in [1.165, 1.54) is 12.0 Å². The van der Waals surface area contributed by atoms with E-state index < -0.39 is 0 Å². The molecular formula is C14H21N. The summed E-state index contributed by atoms with van der Waals surface area (Å²) in [4.78, 5) is 0. The lowest BCUT2D eigenvalue weighted by atomic mass is 9.83. The normalized spacial score (nSPS) is 29.5. The Kier molecular flexibility index (Phi) is 2.83. The van der Waals surface area contributed by atoms with Gasteiger partial charge in [-0.25, -0.2) is 0 Å². The molecule has 0 radical (unpaired) electrons. The van der Waals surface area contributed by atoms with E-state index in [-0.39, 0.29) is 0 Å². The molecule has 0 aliphatic heterocycles. The largest absolute Gasteiger partial charge is 0.319 e. The van der Waals surface area contributed by atoms with Crippen molar-refractivity contribution in [3.63, 3.8) is 0 Å². The molecule has 0 saturated heterocycles. The molecule has 0 bridgehead atoms. The fourth-order valence-corrected chi connectivity index (χ4v) is 2.99. The molecule has 1 aromatic carbocycles. The molecule has 1 fully saturated rings.